The van der Waals surface area contributed by atoms with E-state index in [0.29, 0.717) is 6.04 Å². The van der Waals surface area contributed by atoms with Crippen molar-refractivity contribution in [1.29, 1.82) is 0 Å². The van der Waals surface area contributed by atoms with E-state index in [1.807, 2.05) is 0 Å². The van der Waals surface area contributed by atoms with Gasteiger partial charge in [-0.05, 0) is 0 Å². The smallest absolute Gasteiger partial charge is 1.00 e. The summed E-state index contributed by atoms with van der Waals surface area (Å²) in [4.78, 5) is 2.47. The Balaban J connectivity index is 0.00000196. The molecule has 2 unspecified atom stereocenters. The molecule has 1 nitrogen and oxygen atoms in total. The molecule has 0 amide bonds. The van der Waals surface area contributed by atoms with Crippen LogP contribution in [0, 0.1) is 5.41 Å². The molecule has 0 bridgehead atoms. The van der Waals surface area contributed by atoms with Crippen molar-refractivity contribution in [3.63, 3.8) is 0 Å². The van der Waals surface area contributed by atoms with Crippen molar-refractivity contribution in [1.82, 2.24) is 4.90 Å². The Hall–Kier alpha value is -0.137. The van der Waals surface area contributed by atoms with Crippen LogP contribution in [-0.4, -0.2) is 25.0 Å². The normalized spacial score (nSPS) is 23.3. The quantitative estimate of drug-likeness (QED) is 0.553. The number of rotatable bonds is 5. The zero-order valence-corrected chi connectivity index (χ0v) is 22.4. The zero-order chi connectivity index (χ0) is 19.3. The predicted octanol–water partition coefficient (Wildman–Crippen LogP) is -0.0104. The first kappa shape index (κ1) is 25.9. The Labute approximate surface area is 196 Å². The molecule has 2 aliphatic rings. The minimum atomic E-state index is -0.930. The van der Waals surface area contributed by atoms with Gasteiger partial charge in [0.1, 0.15) is 0 Å². The Morgan fingerprint density at radius 1 is 1.00 bits per heavy atom. The van der Waals surface area contributed by atoms with E-state index in [-0.39, 0.29) is 33.4 Å². The van der Waals surface area contributed by atoms with Gasteiger partial charge in [-0.25, -0.2) is 0 Å². The molecule has 152 valence electrons. The Morgan fingerprint density at radius 3 is 2.11 bits per heavy atom. The van der Waals surface area contributed by atoms with Crippen LogP contribution >= 0.6 is 0 Å². The maximum atomic E-state index is 2.58. The third kappa shape index (κ3) is 3.92. The molecular weight excluding hydrogens is 464 g/mol. The third-order valence-electron chi connectivity index (χ3n) is 6.86. The zero-order valence-electron chi connectivity index (χ0n) is 18.5. The van der Waals surface area contributed by atoms with Gasteiger partial charge in [-0.2, -0.15) is 0 Å². The SMILES string of the molecule is CCC(N(C)C)[C]1([Zr+2][C]2=C(C)C(C)=C(C)C2(C)C)C=Cc2ccccc21.[Cl-].[Cl-]. The molecule has 2 atom stereocenters. The summed E-state index contributed by atoms with van der Waals surface area (Å²) in [6.07, 6.45) is 6.16. The summed E-state index contributed by atoms with van der Waals surface area (Å²) in [5.74, 6) is 0. The van der Waals surface area contributed by atoms with Crippen molar-refractivity contribution < 1.29 is 48.0 Å². The molecule has 3 rings (SSSR count). The van der Waals surface area contributed by atoms with E-state index in [2.05, 4.69) is 97.0 Å². The molecule has 0 aliphatic heterocycles. The van der Waals surface area contributed by atoms with E-state index < -0.39 is 23.2 Å². The van der Waals surface area contributed by atoms with Gasteiger partial charge in [-0.3, -0.25) is 0 Å². The van der Waals surface area contributed by atoms with E-state index >= 15 is 0 Å². The van der Waals surface area contributed by atoms with Crippen LogP contribution < -0.4 is 24.8 Å². The minimum Gasteiger partial charge on any atom is -1.00 e. The summed E-state index contributed by atoms with van der Waals surface area (Å²) in [5.41, 5.74) is 7.94. The molecule has 0 aromatic heterocycles. The average Bonchev–Trinajstić information content (AvgIpc) is 3.03. The van der Waals surface area contributed by atoms with Crippen molar-refractivity contribution in [2.24, 2.45) is 5.41 Å². The van der Waals surface area contributed by atoms with Gasteiger partial charge in [0.25, 0.3) is 0 Å². The van der Waals surface area contributed by atoms with Crippen molar-refractivity contribution in [3.05, 3.63) is 61.5 Å². The molecule has 0 saturated carbocycles. The van der Waals surface area contributed by atoms with E-state index in [4.69, 9.17) is 0 Å². The molecule has 0 N–H and O–H groups in total. The van der Waals surface area contributed by atoms with Crippen molar-refractivity contribution in [3.8, 4) is 0 Å². The van der Waals surface area contributed by atoms with Crippen LogP contribution in [0.5, 0.6) is 0 Å². The van der Waals surface area contributed by atoms with Gasteiger partial charge in [-0.1, -0.05) is 0 Å². The van der Waals surface area contributed by atoms with E-state index in [0.717, 1.165) is 0 Å². The largest absolute Gasteiger partial charge is 1.00 e. The molecular formula is C24H33Cl2NZr. The van der Waals surface area contributed by atoms with Gasteiger partial charge in [-0.15, -0.1) is 0 Å². The second-order valence-electron chi connectivity index (χ2n) is 8.68. The number of fused-ring (bicyclic) bond motifs is 1. The van der Waals surface area contributed by atoms with Gasteiger partial charge in [0, 0.05) is 0 Å². The first-order valence-corrected chi connectivity index (χ1v) is 12.3. The third-order valence-corrected chi connectivity index (χ3v) is 12.8. The van der Waals surface area contributed by atoms with Crippen LogP contribution in [0.2, 0.25) is 0 Å². The molecule has 0 spiro atoms. The summed E-state index contributed by atoms with van der Waals surface area (Å²) in [6.45, 7) is 14.3. The van der Waals surface area contributed by atoms with Gasteiger partial charge in [0.05, 0.1) is 0 Å². The van der Waals surface area contributed by atoms with Crippen molar-refractivity contribution in [2.75, 3.05) is 14.1 Å². The van der Waals surface area contributed by atoms with Gasteiger partial charge >= 0.3 is 172 Å². The molecule has 2 aliphatic carbocycles. The maximum absolute atomic E-state index is 2.58. The Bertz CT molecular complexity index is 820. The molecule has 28 heavy (non-hydrogen) atoms. The molecule has 0 heterocycles. The summed E-state index contributed by atoms with van der Waals surface area (Å²) in [6, 6.07) is 9.67. The van der Waals surface area contributed by atoms with Crippen LogP contribution in [0.25, 0.3) is 6.08 Å². The monoisotopic (exact) mass is 495 g/mol. The Morgan fingerprint density at radius 2 is 1.61 bits per heavy atom. The van der Waals surface area contributed by atoms with E-state index in [1.165, 1.54) is 17.6 Å². The van der Waals surface area contributed by atoms with Crippen LogP contribution in [0.4, 0.5) is 0 Å². The number of benzene rings is 1. The fraction of sp³-hybridized carbons (Fsp3) is 0.500. The summed E-state index contributed by atoms with van der Waals surface area (Å²) in [5, 5.41) is 0. The summed E-state index contributed by atoms with van der Waals surface area (Å²) < 4.78 is 2.01. The number of allylic oxidation sites excluding steroid dienone is 4. The first-order chi connectivity index (χ1) is 12.2. The van der Waals surface area contributed by atoms with Crippen LogP contribution in [0.15, 0.2) is 50.3 Å². The molecule has 0 saturated heterocycles. The van der Waals surface area contributed by atoms with Gasteiger partial charge < -0.3 is 24.8 Å². The maximum Gasteiger partial charge on any atom is -1.00 e. The molecule has 1 aromatic rings. The van der Waals surface area contributed by atoms with Crippen molar-refractivity contribution >= 4 is 6.08 Å². The molecule has 1 aromatic carbocycles. The van der Waals surface area contributed by atoms with Crippen molar-refractivity contribution in [2.45, 2.75) is 57.1 Å². The number of nitrogens with zero attached hydrogens (tertiary/aromatic N) is 1. The van der Waals surface area contributed by atoms with Gasteiger partial charge in [0.2, 0.25) is 0 Å². The molecule has 4 heteroatoms. The summed E-state index contributed by atoms with van der Waals surface area (Å²) >= 11 is -0.930. The second-order valence-corrected chi connectivity index (χ2v) is 12.6. The minimum absolute atomic E-state index is 0. The fourth-order valence-corrected chi connectivity index (χ4v) is 11.0. The number of likely N-dealkylation sites (N-methyl/N-ethyl adjacent to an activating group) is 1. The Kier molecular flexibility index (Phi) is 8.64. The number of halogens is 2. The van der Waals surface area contributed by atoms with E-state index in [1.54, 1.807) is 20.0 Å². The topological polar surface area (TPSA) is 3.24 Å². The fourth-order valence-electron chi connectivity index (χ4n) is 4.96. The second kappa shape index (κ2) is 9.34. The predicted molar refractivity (Wildman–Crippen MR) is 110 cm³/mol. The van der Waals surface area contributed by atoms with Crippen LogP contribution in [-0.2, 0) is 26.4 Å². The number of hydrogen-bond donors (Lipinski definition) is 0. The molecule has 0 radical (unpaired) electrons. The van der Waals surface area contributed by atoms with Gasteiger partial charge in [0.15, 0.2) is 0 Å². The first-order valence-electron chi connectivity index (χ1n) is 9.79. The van der Waals surface area contributed by atoms with E-state index in [9.17, 15) is 0 Å². The standard InChI is InChI=1S/C14H18N.C10H15.2ClH.Zr/c1-4-14(15(2)3)13-10-9-11-7-5-6-8-12(11)13;1-7-6-10(4,5)9(3)8(7)2;;;/h5-10,14H,4H2,1-3H3;1-5H3;2*1H;/q;;;;+2/p-2. The molecule has 0 fully saturated rings. The number of hydrogen-bond acceptors (Lipinski definition) is 1. The average molecular weight is 498 g/mol. The summed E-state index contributed by atoms with van der Waals surface area (Å²) in [7, 11) is 4.53. The van der Waals surface area contributed by atoms with Crippen LogP contribution in [0.1, 0.15) is 59.1 Å². The van der Waals surface area contributed by atoms with Crippen LogP contribution in [0.3, 0.4) is 0 Å².